The van der Waals surface area contributed by atoms with Crippen molar-refractivity contribution in [2.75, 3.05) is 0 Å². The van der Waals surface area contributed by atoms with Crippen molar-refractivity contribution in [3.63, 3.8) is 0 Å². The minimum absolute atomic E-state index is 0.119. The van der Waals surface area contributed by atoms with Gasteiger partial charge in [0.1, 0.15) is 11.7 Å². The van der Waals surface area contributed by atoms with Crippen molar-refractivity contribution in [1.29, 1.82) is 0 Å². The Morgan fingerprint density at radius 1 is 1.09 bits per heavy atom. The lowest BCUT2D eigenvalue weighted by atomic mass is 9.76. The van der Waals surface area contributed by atoms with Gasteiger partial charge in [0.05, 0.1) is 6.26 Å². The first-order valence-electron chi connectivity index (χ1n) is 7.71. The van der Waals surface area contributed by atoms with Crippen molar-refractivity contribution in [3.05, 3.63) is 59.5 Å². The average molecular weight is 310 g/mol. The fourth-order valence-corrected chi connectivity index (χ4v) is 3.07. The second-order valence-electron chi connectivity index (χ2n) is 6.11. The highest BCUT2D eigenvalue weighted by Crippen LogP contribution is 2.32. The third-order valence-corrected chi connectivity index (χ3v) is 4.31. The summed E-state index contributed by atoms with van der Waals surface area (Å²) in [7, 11) is 0. The molecule has 0 unspecified atom stereocenters. The Labute approximate surface area is 134 Å². The van der Waals surface area contributed by atoms with Crippen LogP contribution < -0.4 is 0 Å². The van der Waals surface area contributed by atoms with E-state index in [1.165, 1.54) is 6.26 Å². The molecule has 0 saturated heterocycles. The Morgan fingerprint density at radius 2 is 1.74 bits per heavy atom. The van der Waals surface area contributed by atoms with Gasteiger partial charge in [0.2, 0.25) is 0 Å². The van der Waals surface area contributed by atoms with Crippen LogP contribution in [-0.4, -0.2) is 17.3 Å². The Hall–Kier alpha value is -2.49. The highest BCUT2D eigenvalue weighted by Gasteiger charge is 2.40. The third-order valence-electron chi connectivity index (χ3n) is 4.31. The molecule has 2 aromatic rings. The maximum absolute atomic E-state index is 12.4. The molecule has 0 atom stereocenters. The van der Waals surface area contributed by atoms with Gasteiger partial charge in [-0.05, 0) is 24.6 Å². The van der Waals surface area contributed by atoms with Gasteiger partial charge in [0.15, 0.2) is 17.3 Å². The summed E-state index contributed by atoms with van der Waals surface area (Å²) in [5.74, 6) is -1.60. The minimum atomic E-state index is -1.11. The van der Waals surface area contributed by atoms with Crippen molar-refractivity contribution in [2.45, 2.75) is 32.1 Å². The molecule has 1 saturated carbocycles. The molecule has 4 nitrogen and oxygen atoms in total. The van der Waals surface area contributed by atoms with Gasteiger partial charge in [-0.2, -0.15) is 0 Å². The number of benzene rings is 1. The molecule has 23 heavy (non-hydrogen) atoms. The molecule has 0 spiro atoms. The number of aryl methyl sites for hydroxylation is 1. The molecule has 4 heteroatoms. The fourth-order valence-electron chi connectivity index (χ4n) is 3.07. The van der Waals surface area contributed by atoms with Gasteiger partial charge in [-0.1, -0.05) is 29.8 Å². The van der Waals surface area contributed by atoms with Crippen LogP contribution >= 0.6 is 0 Å². The van der Waals surface area contributed by atoms with Crippen LogP contribution in [0.3, 0.4) is 0 Å². The standard InChI is InChI=1S/C19H18O4/c1-12-4-6-13(7-5-12)9-15(20)19-16(21)10-14(11-17(19)22)18-3-2-8-23-18/h2-8,14,19H,9-11H2,1H3. The van der Waals surface area contributed by atoms with Crippen molar-refractivity contribution in [1.82, 2.24) is 0 Å². The van der Waals surface area contributed by atoms with E-state index in [-0.39, 0.29) is 42.5 Å². The quantitative estimate of drug-likeness (QED) is 0.814. The lowest BCUT2D eigenvalue weighted by Gasteiger charge is -2.24. The van der Waals surface area contributed by atoms with Gasteiger partial charge in [-0.3, -0.25) is 14.4 Å². The summed E-state index contributed by atoms with van der Waals surface area (Å²) >= 11 is 0. The molecule has 1 fully saturated rings. The topological polar surface area (TPSA) is 64.3 Å². The minimum Gasteiger partial charge on any atom is -0.469 e. The summed E-state index contributed by atoms with van der Waals surface area (Å²) in [5, 5.41) is 0. The van der Waals surface area contributed by atoms with Crippen molar-refractivity contribution >= 4 is 17.3 Å². The van der Waals surface area contributed by atoms with Gasteiger partial charge in [0, 0.05) is 25.2 Å². The van der Waals surface area contributed by atoms with Crippen molar-refractivity contribution < 1.29 is 18.8 Å². The molecule has 118 valence electrons. The number of hydrogen-bond acceptors (Lipinski definition) is 4. The highest BCUT2D eigenvalue weighted by atomic mass is 16.3. The summed E-state index contributed by atoms with van der Waals surface area (Å²) in [4.78, 5) is 37.0. The average Bonchev–Trinajstić information content (AvgIpc) is 3.03. The van der Waals surface area contributed by atoms with E-state index in [4.69, 9.17) is 4.42 Å². The zero-order valence-corrected chi connectivity index (χ0v) is 13.0. The molecule has 1 heterocycles. The van der Waals surface area contributed by atoms with Gasteiger partial charge < -0.3 is 4.42 Å². The molecular formula is C19H18O4. The predicted octanol–water partition coefficient (Wildman–Crippen LogP) is 3.03. The Balaban J connectivity index is 1.70. The fraction of sp³-hybridized carbons (Fsp3) is 0.316. The SMILES string of the molecule is Cc1ccc(CC(=O)C2C(=O)CC(c3ccco3)CC2=O)cc1. The number of furan rings is 1. The second kappa shape index (κ2) is 6.32. The number of rotatable bonds is 4. The zero-order chi connectivity index (χ0) is 16.4. The monoisotopic (exact) mass is 310 g/mol. The van der Waals surface area contributed by atoms with Crippen LogP contribution in [0.5, 0.6) is 0 Å². The summed E-state index contributed by atoms with van der Waals surface area (Å²) in [6.07, 6.45) is 2.01. The summed E-state index contributed by atoms with van der Waals surface area (Å²) in [6, 6.07) is 11.0. The van der Waals surface area contributed by atoms with Gasteiger partial charge in [-0.15, -0.1) is 0 Å². The maximum Gasteiger partial charge on any atom is 0.155 e. The van der Waals surface area contributed by atoms with E-state index in [0.717, 1.165) is 11.1 Å². The summed E-state index contributed by atoms with van der Waals surface area (Å²) in [5.41, 5.74) is 1.93. The van der Waals surface area contributed by atoms with E-state index in [1.54, 1.807) is 12.1 Å². The van der Waals surface area contributed by atoms with Crippen LogP contribution in [0.25, 0.3) is 0 Å². The first-order chi connectivity index (χ1) is 11.0. The molecule has 1 aliphatic rings. The first kappa shape index (κ1) is 15.4. The van der Waals surface area contributed by atoms with E-state index in [0.29, 0.717) is 5.76 Å². The number of carbonyl (C=O) groups is 3. The Kier molecular flexibility index (Phi) is 4.24. The van der Waals surface area contributed by atoms with Crippen LogP contribution in [0.1, 0.15) is 35.6 Å². The van der Waals surface area contributed by atoms with Gasteiger partial charge in [0.25, 0.3) is 0 Å². The van der Waals surface area contributed by atoms with Crippen LogP contribution in [-0.2, 0) is 20.8 Å². The second-order valence-corrected chi connectivity index (χ2v) is 6.11. The van der Waals surface area contributed by atoms with Crippen LogP contribution in [0.15, 0.2) is 47.1 Å². The Morgan fingerprint density at radius 3 is 2.30 bits per heavy atom. The molecule has 3 rings (SSSR count). The van der Waals surface area contributed by atoms with E-state index < -0.39 is 5.92 Å². The number of ketones is 3. The first-order valence-corrected chi connectivity index (χ1v) is 7.71. The Bertz CT molecular complexity index is 707. The molecule has 1 aromatic carbocycles. The van der Waals surface area contributed by atoms with Crippen LogP contribution in [0.4, 0.5) is 0 Å². The molecule has 1 aliphatic carbocycles. The predicted molar refractivity (Wildman–Crippen MR) is 84.1 cm³/mol. The largest absolute Gasteiger partial charge is 0.469 e. The normalized spacial score (nSPS) is 21.4. The van der Waals surface area contributed by atoms with Gasteiger partial charge in [-0.25, -0.2) is 0 Å². The molecule has 0 radical (unpaired) electrons. The molecular weight excluding hydrogens is 292 g/mol. The number of carbonyl (C=O) groups excluding carboxylic acids is 3. The van der Waals surface area contributed by atoms with Crippen molar-refractivity contribution in [3.8, 4) is 0 Å². The zero-order valence-electron chi connectivity index (χ0n) is 13.0. The molecule has 1 aromatic heterocycles. The number of hydrogen-bond donors (Lipinski definition) is 0. The lowest BCUT2D eigenvalue weighted by Crippen LogP contribution is -2.38. The van der Waals surface area contributed by atoms with E-state index in [2.05, 4.69) is 0 Å². The molecule has 0 amide bonds. The van der Waals surface area contributed by atoms with Crippen LogP contribution in [0.2, 0.25) is 0 Å². The number of Topliss-reactive ketones (excluding diaryl/α,β-unsaturated/α-hetero) is 3. The van der Waals surface area contributed by atoms with E-state index >= 15 is 0 Å². The summed E-state index contributed by atoms with van der Waals surface area (Å²) < 4.78 is 5.28. The molecule has 0 bridgehead atoms. The van der Waals surface area contributed by atoms with Crippen LogP contribution in [0, 0.1) is 12.8 Å². The van der Waals surface area contributed by atoms with E-state index in [1.807, 2.05) is 31.2 Å². The van der Waals surface area contributed by atoms with Crippen molar-refractivity contribution in [2.24, 2.45) is 5.92 Å². The highest BCUT2D eigenvalue weighted by molar-refractivity contribution is 6.21. The lowest BCUT2D eigenvalue weighted by molar-refractivity contribution is -0.142. The molecule has 0 aliphatic heterocycles. The molecule has 0 N–H and O–H groups in total. The van der Waals surface area contributed by atoms with E-state index in [9.17, 15) is 14.4 Å². The van der Waals surface area contributed by atoms with Gasteiger partial charge >= 0.3 is 0 Å². The summed E-state index contributed by atoms with van der Waals surface area (Å²) in [6.45, 7) is 1.97. The third kappa shape index (κ3) is 3.31. The maximum atomic E-state index is 12.4. The smallest absolute Gasteiger partial charge is 0.155 e.